The Hall–Kier alpha value is 0.642. The van der Waals surface area contributed by atoms with Crippen molar-refractivity contribution in [3.05, 3.63) is 0 Å². The molecule has 0 amide bonds. The van der Waals surface area contributed by atoms with Crippen molar-refractivity contribution in [1.29, 1.82) is 0 Å². The van der Waals surface area contributed by atoms with Crippen molar-refractivity contribution < 1.29 is 41.0 Å². The van der Waals surface area contributed by atoms with Gasteiger partial charge in [-0.3, -0.25) is 0 Å². The van der Waals surface area contributed by atoms with E-state index in [2.05, 4.69) is 25.8 Å². The van der Waals surface area contributed by atoms with Gasteiger partial charge in [-0.25, -0.2) is 0 Å². The van der Waals surface area contributed by atoms with Crippen molar-refractivity contribution in [3.8, 4) is 0 Å². The molecular formula is C12H29NO2U. The quantitative estimate of drug-likeness (QED) is 0.689. The van der Waals surface area contributed by atoms with E-state index in [1.165, 1.54) is 0 Å². The summed E-state index contributed by atoms with van der Waals surface area (Å²) in [6, 6.07) is 0.585. The second-order valence-corrected chi connectivity index (χ2v) is 3.38. The third kappa shape index (κ3) is 24.1. The summed E-state index contributed by atoms with van der Waals surface area (Å²) in [6.45, 7) is 11.0. The summed E-state index contributed by atoms with van der Waals surface area (Å²) < 4.78 is 0. The SMILES string of the molecule is CC.CC(=O)CCCN(C)C(C)C.CO.[U]. The number of nitrogens with zero attached hydrogens (tertiary/aromatic N) is 1. The van der Waals surface area contributed by atoms with Crippen LogP contribution in [0.4, 0.5) is 0 Å². The number of aliphatic hydroxyl groups is 1. The number of carbonyl (C=O) groups excluding carboxylic acids is 1. The first-order chi connectivity index (χ1) is 7.04. The summed E-state index contributed by atoms with van der Waals surface area (Å²) in [5.41, 5.74) is 0. The zero-order valence-electron chi connectivity index (χ0n) is 12.0. The van der Waals surface area contributed by atoms with Gasteiger partial charge in [-0.15, -0.1) is 0 Å². The molecule has 0 fully saturated rings. The van der Waals surface area contributed by atoms with Gasteiger partial charge in [-0.2, -0.15) is 0 Å². The summed E-state index contributed by atoms with van der Waals surface area (Å²) in [6.07, 6.45) is 1.71. The fourth-order valence-electron chi connectivity index (χ4n) is 0.836. The minimum atomic E-state index is 0. The maximum atomic E-state index is 10.6. The maximum Gasteiger partial charge on any atom is 0.129 e. The van der Waals surface area contributed by atoms with E-state index in [0.717, 1.165) is 26.5 Å². The first kappa shape index (κ1) is 25.5. The molecule has 16 heavy (non-hydrogen) atoms. The van der Waals surface area contributed by atoms with Gasteiger partial charge in [0.05, 0.1) is 0 Å². The summed E-state index contributed by atoms with van der Waals surface area (Å²) in [5, 5.41) is 7.00. The summed E-state index contributed by atoms with van der Waals surface area (Å²) in [7, 11) is 3.09. The fraction of sp³-hybridized carbons (Fsp3) is 0.917. The summed E-state index contributed by atoms with van der Waals surface area (Å²) in [4.78, 5) is 12.8. The zero-order valence-corrected chi connectivity index (χ0v) is 16.2. The molecule has 0 heterocycles. The molecule has 0 aromatic heterocycles. The number of hydrogen-bond acceptors (Lipinski definition) is 3. The van der Waals surface area contributed by atoms with Gasteiger partial charge in [-0.05, 0) is 40.8 Å². The van der Waals surface area contributed by atoms with Crippen LogP contribution in [0.25, 0.3) is 0 Å². The van der Waals surface area contributed by atoms with Gasteiger partial charge in [0.25, 0.3) is 0 Å². The van der Waals surface area contributed by atoms with Crippen LogP contribution in [0.15, 0.2) is 0 Å². The van der Waals surface area contributed by atoms with Crippen LogP contribution in [0.2, 0.25) is 0 Å². The van der Waals surface area contributed by atoms with Crippen LogP contribution in [0.1, 0.15) is 47.5 Å². The van der Waals surface area contributed by atoms with Crippen LogP contribution in [-0.2, 0) is 4.79 Å². The molecule has 0 aromatic rings. The van der Waals surface area contributed by atoms with E-state index in [1.54, 1.807) is 6.92 Å². The minimum absolute atomic E-state index is 0. The standard InChI is InChI=1S/C9H19NO.C2H6.CH4O.U/c1-8(2)10(4)7-5-6-9(3)11;2*1-2;/h8H,5-7H2,1-4H3;1-2H3;2H,1H3;. The van der Waals surface area contributed by atoms with Crippen LogP contribution in [0.5, 0.6) is 0 Å². The molecule has 3 nitrogen and oxygen atoms in total. The van der Waals surface area contributed by atoms with Gasteiger partial charge in [0.2, 0.25) is 0 Å². The Morgan fingerprint density at radius 1 is 1.25 bits per heavy atom. The van der Waals surface area contributed by atoms with E-state index in [9.17, 15) is 4.79 Å². The largest absolute Gasteiger partial charge is 0.400 e. The predicted molar refractivity (Wildman–Crippen MR) is 67.2 cm³/mol. The van der Waals surface area contributed by atoms with Crippen molar-refractivity contribution in [2.24, 2.45) is 0 Å². The van der Waals surface area contributed by atoms with Gasteiger partial charge < -0.3 is 14.8 Å². The molecule has 0 aromatic carbocycles. The topological polar surface area (TPSA) is 40.5 Å². The fourth-order valence-corrected chi connectivity index (χ4v) is 0.836. The molecule has 0 saturated heterocycles. The third-order valence-electron chi connectivity index (χ3n) is 1.92. The van der Waals surface area contributed by atoms with Crippen molar-refractivity contribution >= 4 is 5.78 Å². The Balaban J connectivity index is -0.000000129. The van der Waals surface area contributed by atoms with E-state index in [0.29, 0.717) is 11.8 Å². The summed E-state index contributed by atoms with van der Waals surface area (Å²) >= 11 is 0. The Morgan fingerprint density at radius 3 is 1.88 bits per heavy atom. The predicted octanol–water partition coefficient (Wildman–Crippen LogP) is 2.33. The molecule has 1 N–H and O–H groups in total. The number of rotatable bonds is 5. The molecule has 0 bridgehead atoms. The molecule has 4 heteroatoms. The van der Waals surface area contributed by atoms with Gasteiger partial charge >= 0.3 is 0 Å². The van der Waals surface area contributed by atoms with Crippen LogP contribution in [0.3, 0.4) is 0 Å². The second kappa shape index (κ2) is 21.0. The first-order valence-electron chi connectivity index (χ1n) is 5.68. The summed E-state index contributed by atoms with van der Waals surface area (Å²) in [5.74, 6) is 0.294. The monoisotopic (exact) mass is 457 g/mol. The number of hydrogen-bond donors (Lipinski definition) is 1. The van der Waals surface area contributed by atoms with E-state index in [1.807, 2.05) is 13.8 Å². The van der Waals surface area contributed by atoms with Crippen molar-refractivity contribution in [1.82, 2.24) is 4.90 Å². The number of aliphatic hydroxyl groups excluding tert-OH is 1. The van der Waals surface area contributed by atoms with Crippen LogP contribution in [0, 0.1) is 31.1 Å². The second-order valence-electron chi connectivity index (χ2n) is 3.38. The molecule has 98 valence electrons. The van der Waals surface area contributed by atoms with Gasteiger partial charge in [0.1, 0.15) is 5.78 Å². The molecule has 0 spiro atoms. The van der Waals surface area contributed by atoms with Crippen molar-refractivity contribution in [3.63, 3.8) is 0 Å². The average Bonchev–Trinajstić information content (AvgIpc) is 2.23. The van der Waals surface area contributed by atoms with E-state index in [-0.39, 0.29) is 31.1 Å². The molecule has 0 unspecified atom stereocenters. The Labute approximate surface area is 125 Å². The number of carbonyl (C=O) groups is 1. The van der Waals surface area contributed by atoms with Gasteiger partial charge in [-0.1, -0.05) is 13.8 Å². The Kier molecular flexibility index (Phi) is 33.4. The Morgan fingerprint density at radius 2 is 1.62 bits per heavy atom. The van der Waals surface area contributed by atoms with Gasteiger partial charge in [0, 0.05) is 50.7 Å². The molecule has 0 aliphatic rings. The molecule has 0 aliphatic carbocycles. The van der Waals surface area contributed by atoms with Crippen LogP contribution < -0.4 is 0 Å². The van der Waals surface area contributed by atoms with Gasteiger partial charge in [0.15, 0.2) is 0 Å². The zero-order chi connectivity index (χ0) is 12.9. The average molecular weight is 457 g/mol. The normalized spacial score (nSPS) is 8.38. The van der Waals surface area contributed by atoms with Crippen molar-refractivity contribution in [2.75, 3.05) is 20.7 Å². The molecule has 0 rings (SSSR count). The van der Waals surface area contributed by atoms with Crippen LogP contribution in [-0.4, -0.2) is 42.5 Å². The maximum absolute atomic E-state index is 10.6. The first-order valence-corrected chi connectivity index (χ1v) is 5.68. The molecule has 0 atom stereocenters. The molecule has 0 radical (unpaired) electrons. The Bertz CT molecular complexity index is 130. The molecule has 0 aliphatic heterocycles. The smallest absolute Gasteiger partial charge is 0.129 e. The number of Topliss-reactive ketones (excluding diaryl/α,β-unsaturated/α-hetero) is 1. The number of ketones is 1. The molecular weight excluding hydrogens is 428 g/mol. The van der Waals surface area contributed by atoms with E-state index in [4.69, 9.17) is 5.11 Å². The third-order valence-corrected chi connectivity index (χ3v) is 1.92. The van der Waals surface area contributed by atoms with Crippen LogP contribution >= 0.6 is 0 Å². The minimum Gasteiger partial charge on any atom is -0.400 e. The van der Waals surface area contributed by atoms with E-state index >= 15 is 0 Å². The molecule has 0 saturated carbocycles. The van der Waals surface area contributed by atoms with E-state index < -0.39 is 0 Å². The van der Waals surface area contributed by atoms with Crippen molar-refractivity contribution in [2.45, 2.75) is 53.5 Å².